The van der Waals surface area contributed by atoms with Crippen molar-refractivity contribution in [3.8, 4) is 63.1 Å². The average Bonchev–Trinajstić information content (AvgIpc) is 1.37. The van der Waals surface area contributed by atoms with Crippen LogP contribution in [-0.2, 0) is 52.3 Å². The molecule has 4 heterocycles. The van der Waals surface area contributed by atoms with Crippen molar-refractivity contribution in [1.29, 1.82) is 0 Å². The highest BCUT2D eigenvalue weighted by Gasteiger charge is 2.54. The predicted octanol–water partition coefficient (Wildman–Crippen LogP) is -0.338. The molecule has 5 aromatic rings. The van der Waals surface area contributed by atoms with Crippen molar-refractivity contribution in [2.45, 2.75) is 98.5 Å². The van der Waals surface area contributed by atoms with Crippen LogP contribution in [0.4, 0.5) is 0 Å². The highest BCUT2D eigenvalue weighted by molar-refractivity contribution is 5.91. The summed E-state index contributed by atoms with van der Waals surface area (Å²) < 4.78 is 68.7. The zero-order chi connectivity index (χ0) is 62.3. The summed E-state index contributed by atoms with van der Waals surface area (Å²) in [7, 11) is 2.52. The predicted molar refractivity (Wildman–Crippen MR) is 284 cm³/mol. The minimum absolute atomic E-state index is 0.0427. The van der Waals surface area contributed by atoms with Crippen LogP contribution in [0.2, 0.25) is 0 Å². The summed E-state index contributed by atoms with van der Waals surface area (Å²) in [5.74, 6) is -8.79. The van der Waals surface area contributed by atoms with E-state index in [1.165, 1.54) is 68.8 Å². The van der Waals surface area contributed by atoms with Crippen LogP contribution in [0.1, 0.15) is 17.5 Å². The van der Waals surface area contributed by atoms with Crippen LogP contribution in [0.15, 0.2) is 89.4 Å². The van der Waals surface area contributed by atoms with E-state index in [-0.39, 0.29) is 45.1 Å². The van der Waals surface area contributed by atoms with Gasteiger partial charge in [0, 0.05) is 30.4 Å². The molecule has 30 nitrogen and oxygen atoms in total. The molecule has 3 saturated heterocycles. The van der Waals surface area contributed by atoms with Gasteiger partial charge in [0.25, 0.3) is 0 Å². The van der Waals surface area contributed by atoms with Crippen molar-refractivity contribution in [3.05, 3.63) is 96.1 Å². The quantitative estimate of drug-likeness (QED) is 0.0112. The van der Waals surface area contributed by atoms with E-state index in [4.69, 9.17) is 61.6 Å². The van der Waals surface area contributed by atoms with Crippen molar-refractivity contribution in [2.75, 3.05) is 34.0 Å². The smallest absolute Gasteiger partial charge is 0.402 e. The second-order valence-corrected chi connectivity index (χ2v) is 19.4. The van der Waals surface area contributed by atoms with Crippen LogP contribution in [-0.4, -0.2) is 222 Å². The average molecular weight is 1210 g/mol. The molecule has 0 bridgehead atoms. The number of carbonyl (C=O) groups is 4. The maximum absolute atomic E-state index is 13.6. The van der Waals surface area contributed by atoms with Gasteiger partial charge in [-0.05, 0) is 59.7 Å². The molecular weight excluding hydrogens is 1150 g/mol. The summed E-state index contributed by atoms with van der Waals surface area (Å²) in [6, 6.07) is 14.7. The number of phenolic OH excluding ortho intramolecular Hbond substituents is 5. The Morgan fingerprint density at radius 1 is 0.558 bits per heavy atom. The van der Waals surface area contributed by atoms with E-state index in [2.05, 4.69) is 0 Å². The number of ether oxygens (including phenoxy) is 11. The Kier molecular flexibility index (Phi) is 20.3. The molecule has 30 heteroatoms. The van der Waals surface area contributed by atoms with E-state index in [9.17, 15) is 85.6 Å². The number of aromatic hydroxyl groups is 5. The van der Waals surface area contributed by atoms with E-state index in [1.54, 1.807) is 0 Å². The fraction of sp³-hybridized carbons (Fsp3) is 0.375. The molecule has 462 valence electrons. The maximum Gasteiger partial charge on any atom is 0.402 e. The first-order valence-corrected chi connectivity index (χ1v) is 25.8. The number of aliphatic hydroxyl groups is 8. The SMILES string of the molecule is COc1cc(C=CC(=O)O[C@H]2[C@H](O[C@H]3[C@H](Oc4cc5c(O[C@@H]6O[C@H](COC(=O)CC(=O)O)[C@@H](O)[C@H](O)[C@H]6O)cc(O)cc5[o+]c4-c4ccc(O)c(O)c4)O[C@H](COC(=O)C=Cc4ccc(O)cc4)[C@@H](O)[C@@H]3O)O[C@H](CO)[C@@H](O)[C@@H]2O)cc(OC)c1O. The molecule has 0 radical (unpaired) electrons. The first-order valence-electron chi connectivity index (χ1n) is 25.8. The normalized spacial score (nSPS) is 27.5. The number of hydrogen-bond donors (Lipinski definition) is 14. The standard InChI is InChI=1S/C56H58O30/c1-75-33-13-24(14-34(76-2)43(33)67)6-12-41(65)85-52-48(72)44(68)36(20-57)82-56(52)86-53-49(73)46(70)38(21-77-40(64)11-5-23-3-8-26(58)9-4-23)84-55(53)81-35-18-28-31(79-51(35)25-7-10-29(60)30(61)15-25)16-27(59)17-32(28)80-54-50(74)47(71)45(69)37(83-54)22-78-42(66)19-39(62)63/h3-18,36-38,44-50,52-57,68-74H,19-22H2,1-2H3,(H5-,58,59,60,61,62,63,64,65,67)/p+1/t36-,37-,38-,44-,45-,46-,47+,48+,49+,50-,52-,53-,54-,55-,56+/m1/s1. The Balaban J connectivity index is 1.18. The molecule has 0 aliphatic carbocycles. The largest absolute Gasteiger partial charge is 0.508 e. The summed E-state index contributed by atoms with van der Waals surface area (Å²) in [6.45, 7) is -2.68. The van der Waals surface area contributed by atoms with E-state index in [0.29, 0.717) is 5.56 Å². The van der Waals surface area contributed by atoms with Gasteiger partial charge in [-0.3, -0.25) is 9.59 Å². The summed E-state index contributed by atoms with van der Waals surface area (Å²) in [6.07, 6.45) is -26.8. The summed E-state index contributed by atoms with van der Waals surface area (Å²) >= 11 is 0. The van der Waals surface area contributed by atoms with Crippen molar-refractivity contribution >= 4 is 47.0 Å². The number of hydrogen-bond acceptors (Lipinski definition) is 28. The molecule has 0 spiro atoms. The van der Waals surface area contributed by atoms with E-state index in [0.717, 1.165) is 42.5 Å². The van der Waals surface area contributed by atoms with Gasteiger partial charge in [-0.15, -0.1) is 0 Å². The first-order chi connectivity index (χ1) is 41.0. The van der Waals surface area contributed by atoms with E-state index < -0.39 is 177 Å². The van der Waals surface area contributed by atoms with Gasteiger partial charge in [0.15, 0.2) is 41.5 Å². The number of aliphatic carboxylic acids is 1. The Hall–Kier alpha value is -8.63. The minimum Gasteiger partial charge on any atom is -0.508 e. The van der Waals surface area contributed by atoms with Gasteiger partial charge in [-0.25, -0.2) is 14.0 Å². The molecule has 15 atom stereocenters. The molecule has 1 aromatic heterocycles. The van der Waals surface area contributed by atoms with Gasteiger partial charge >= 0.3 is 35.2 Å². The highest BCUT2D eigenvalue weighted by atomic mass is 16.8. The molecule has 3 aliphatic heterocycles. The zero-order valence-electron chi connectivity index (χ0n) is 45.0. The fourth-order valence-electron chi connectivity index (χ4n) is 9.01. The number of carbonyl (C=O) groups excluding carboxylic acids is 3. The zero-order valence-corrected chi connectivity index (χ0v) is 45.0. The van der Waals surface area contributed by atoms with Crippen LogP contribution in [0.3, 0.4) is 0 Å². The van der Waals surface area contributed by atoms with Gasteiger partial charge in [0.2, 0.25) is 24.1 Å². The van der Waals surface area contributed by atoms with Gasteiger partial charge in [0.05, 0.1) is 32.5 Å². The molecule has 8 rings (SSSR count). The van der Waals surface area contributed by atoms with Crippen LogP contribution >= 0.6 is 0 Å². The maximum atomic E-state index is 13.6. The number of carboxylic acid groups (broad SMARTS) is 1. The Bertz CT molecular complexity index is 3270. The summed E-state index contributed by atoms with van der Waals surface area (Å²) in [5, 5.41) is 150. The number of fused-ring (bicyclic) bond motifs is 1. The molecule has 3 aliphatic rings. The molecule has 86 heavy (non-hydrogen) atoms. The fourth-order valence-corrected chi connectivity index (χ4v) is 9.01. The third kappa shape index (κ3) is 14.7. The number of phenols is 5. The lowest BCUT2D eigenvalue weighted by Gasteiger charge is -2.46. The lowest BCUT2D eigenvalue weighted by Crippen LogP contribution is -2.65. The minimum atomic E-state index is -2.24. The molecule has 0 unspecified atom stereocenters. The second kappa shape index (κ2) is 27.6. The Labute approximate surface area is 484 Å². The van der Waals surface area contributed by atoms with Crippen LogP contribution in [0.25, 0.3) is 34.4 Å². The number of aliphatic hydroxyl groups excluding tert-OH is 8. The summed E-state index contributed by atoms with van der Waals surface area (Å²) in [4.78, 5) is 49.7. The Morgan fingerprint density at radius 3 is 1.80 bits per heavy atom. The van der Waals surface area contributed by atoms with Crippen molar-refractivity contribution < 1.29 is 147 Å². The third-order valence-corrected chi connectivity index (χ3v) is 13.5. The molecule has 4 aromatic carbocycles. The number of esters is 3. The van der Waals surface area contributed by atoms with Crippen LogP contribution < -0.4 is 18.9 Å². The molecule has 0 saturated carbocycles. The molecule has 0 amide bonds. The lowest BCUT2D eigenvalue weighted by molar-refractivity contribution is -0.358. The first kappa shape index (κ1) is 63.4. The van der Waals surface area contributed by atoms with E-state index in [1.807, 2.05) is 0 Å². The molecule has 14 N–H and O–H groups in total. The number of methoxy groups -OCH3 is 2. The lowest BCUT2D eigenvalue weighted by atomic mass is 9.97. The monoisotopic (exact) mass is 1210 g/mol. The number of benzene rings is 4. The van der Waals surface area contributed by atoms with E-state index >= 15 is 0 Å². The van der Waals surface area contributed by atoms with Crippen LogP contribution in [0.5, 0.6) is 51.7 Å². The third-order valence-electron chi connectivity index (χ3n) is 13.5. The van der Waals surface area contributed by atoms with Crippen molar-refractivity contribution in [1.82, 2.24) is 0 Å². The van der Waals surface area contributed by atoms with Crippen molar-refractivity contribution in [3.63, 3.8) is 0 Å². The Morgan fingerprint density at radius 2 is 1.15 bits per heavy atom. The topological polar surface area (TPSA) is 464 Å². The van der Waals surface area contributed by atoms with Gasteiger partial charge < -0.3 is 124 Å². The summed E-state index contributed by atoms with van der Waals surface area (Å²) in [5.41, 5.74) is 0.296. The van der Waals surface area contributed by atoms with Gasteiger partial charge in [-0.2, -0.15) is 0 Å². The van der Waals surface area contributed by atoms with Gasteiger partial charge in [-0.1, -0.05) is 12.1 Å². The highest BCUT2D eigenvalue weighted by Crippen LogP contribution is 2.44. The van der Waals surface area contributed by atoms with Gasteiger partial charge in [0.1, 0.15) is 103 Å². The van der Waals surface area contributed by atoms with Crippen LogP contribution in [0, 0.1) is 0 Å². The molecule has 3 fully saturated rings. The molecular formula is C56H59O30+. The number of rotatable bonds is 21. The van der Waals surface area contributed by atoms with Crippen molar-refractivity contribution in [2.24, 2.45) is 0 Å². The second-order valence-electron chi connectivity index (χ2n) is 19.4. The number of carboxylic acids is 1.